The Morgan fingerprint density at radius 3 is 3.24 bits per heavy atom. The molecular formula is C9H11N3O5. The maximum Gasteiger partial charge on any atom is 0.351 e. The van der Waals surface area contributed by atoms with Gasteiger partial charge in [-0.3, -0.25) is 9.36 Å². The van der Waals surface area contributed by atoms with E-state index in [1.54, 1.807) is 0 Å². The van der Waals surface area contributed by atoms with Crippen LogP contribution in [0.4, 0.5) is 5.82 Å². The van der Waals surface area contributed by atoms with E-state index in [-0.39, 0.29) is 19.0 Å². The summed E-state index contributed by atoms with van der Waals surface area (Å²) in [5.74, 6) is 0.144. The highest BCUT2D eigenvalue weighted by atomic mass is 16.7. The fourth-order valence-electron chi connectivity index (χ4n) is 1.44. The van der Waals surface area contributed by atoms with E-state index in [4.69, 9.17) is 15.2 Å². The van der Waals surface area contributed by atoms with Crippen molar-refractivity contribution in [2.75, 3.05) is 18.9 Å². The third-order valence-electron chi connectivity index (χ3n) is 2.20. The van der Waals surface area contributed by atoms with Gasteiger partial charge in [0, 0.05) is 6.20 Å². The van der Waals surface area contributed by atoms with Crippen LogP contribution in [0.15, 0.2) is 17.1 Å². The summed E-state index contributed by atoms with van der Waals surface area (Å²) in [6.45, 7) is 0.465. The molecule has 1 saturated heterocycles. The number of nitrogen functional groups attached to an aromatic ring is 1. The van der Waals surface area contributed by atoms with Gasteiger partial charge in [0.15, 0.2) is 12.5 Å². The van der Waals surface area contributed by atoms with E-state index in [1.807, 2.05) is 0 Å². The zero-order valence-corrected chi connectivity index (χ0v) is 8.81. The van der Waals surface area contributed by atoms with Crippen LogP contribution in [-0.4, -0.2) is 35.5 Å². The van der Waals surface area contributed by atoms with Gasteiger partial charge in [-0.15, -0.1) is 0 Å². The lowest BCUT2D eigenvalue weighted by Crippen LogP contribution is -2.28. The molecule has 1 fully saturated rings. The van der Waals surface area contributed by atoms with Crippen molar-refractivity contribution in [3.8, 4) is 0 Å². The first kappa shape index (κ1) is 11.6. The van der Waals surface area contributed by atoms with Crippen LogP contribution >= 0.6 is 0 Å². The van der Waals surface area contributed by atoms with Crippen LogP contribution in [0.1, 0.15) is 6.23 Å². The number of nitrogens with two attached hydrogens (primary N) is 1. The Morgan fingerprint density at radius 2 is 2.53 bits per heavy atom. The molecule has 2 unspecified atom stereocenters. The van der Waals surface area contributed by atoms with Crippen molar-refractivity contribution in [1.29, 1.82) is 0 Å². The fourth-order valence-corrected chi connectivity index (χ4v) is 1.44. The Bertz CT molecular complexity index is 460. The average molecular weight is 241 g/mol. The maximum atomic E-state index is 11.5. The number of carbonyl (C=O) groups excluding carboxylic acids is 1. The van der Waals surface area contributed by atoms with E-state index < -0.39 is 18.2 Å². The Balaban J connectivity index is 2.04. The van der Waals surface area contributed by atoms with Gasteiger partial charge in [-0.1, -0.05) is 0 Å². The zero-order valence-electron chi connectivity index (χ0n) is 8.81. The first-order valence-electron chi connectivity index (χ1n) is 4.87. The standard InChI is InChI=1S/C9H11N3O5/c10-6-1-2-12(9(14)11-6)7-3-16-8(17-7)4-15-5-13/h1-2,5,7-8H,3-4H2,(H2,10,11,14). The van der Waals surface area contributed by atoms with Crippen molar-refractivity contribution in [3.63, 3.8) is 0 Å². The molecule has 8 nitrogen and oxygen atoms in total. The normalized spacial score (nSPS) is 23.5. The summed E-state index contributed by atoms with van der Waals surface area (Å²) in [4.78, 5) is 25.1. The SMILES string of the molecule is Nc1ccn(C2COC(COC=O)O2)c(=O)n1. The molecule has 0 bridgehead atoms. The van der Waals surface area contributed by atoms with E-state index in [9.17, 15) is 9.59 Å². The van der Waals surface area contributed by atoms with Gasteiger partial charge in [0.2, 0.25) is 0 Å². The minimum Gasteiger partial charge on any atom is -0.462 e. The van der Waals surface area contributed by atoms with Crippen molar-refractivity contribution < 1.29 is 19.0 Å². The largest absolute Gasteiger partial charge is 0.462 e. The Morgan fingerprint density at radius 1 is 1.71 bits per heavy atom. The highest BCUT2D eigenvalue weighted by Crippen LogP contribution is 2.19. The van der Waals surface area contributed by atoms with Crippen LogP contribution in [-0.2, 0) is 19.0 Å². The molecule has 1 aromatic heterocycles. The molecule has 8 heteroatoms. The molecular weight excluding hydrogens is 230 g/mol. The first-order valence-corrected chi connectivity index (χ1v) is 4.87. The second-order valence-corrected chi connectivity index (χ2v) is 3.33. The molecule has 17 heavy (non-hydrogen) atoms. The molecule has 2 atom stereocenters. The molecule has 2 heterocycles. The minimum absolute atomic E-state index is 0.0167. The summed E-state index contributed by atoms with van der Waals surface area (Å²) in [6, 6.07) is 1.49. The monoisotopic (exact) mass is 241 g/mol. The van der Waals surface area contributed by atoms with Crippen LogP contribution in [0.25, 0.3) is 0 Å². The van der Waals surface area contributed by atoms with Crippen molar-refractivity contribution in [2.45, 2.75) is 12.5 Å². The third kappa shape index (κ3) is 2.60. The van der Waals surface area contributed by atoms with Crippen molar-refractivity contribution >= 4 is 12.3 Å². The molecule has 0 aliphatic carbocycles. The predicted molar refractivity (Wildman–Crippen MR) is 54.8 cm³/mol. The number of nitrogens with zero attached hydrogens (tertiary/aromatic N) is 2. The van der Waals surface area contributed by atoms with E-state index in [0.717, 1.165) is 0 Å². The summed E-state index contributed by atoms with van der Waals surface area (Å²) in [6.07, 6.45) is 0.215. The summed E-state index contributed by atoms with van der Waals surface area (Å²) in [5, 5.41) is 0. The number of aromatic nitrogens is 2. The highest BCUT2D eigenvalue weighted by molar-refractivity contribution is 5.36. The number of hydrogen-bond donors (Lipinski definition) is 1. The lowest BCUT2D eigenvalue weighted by molar-refractivity contribution is -0.145. The van der Waals surface area contributed by atoms with Crippen molar-refractivity contribution in [2.24, 2.45) is 0 Å². The number of anilines is 1. The molecule has 0 radical (unpaired) electrons. The highest BCUT2D eigenvalue weighted by Gasteiger charge is 2.28. The number of carbonyl (C=O) groups is 1. The van der Waals surface area contributed by atoms with E-state index in [2.05, 4.69) is 9.72 Å². The predicted octanol–water partition coefficient (Wildman–Crippen LogP) is -1.13. The Labute approximate surface area is 95.9 Å². The first-order chi connectivity index (χ1) is 8.20. The second kappa shape index (κ2) is 4.93. The molecule has 92 valence electrons. The number of hydrogen-bond acceptors (Lipinski definition) is 7. The van der Waals surface area contributed by atoms with Crippen molar-refractivity contribution in [1.82, 2.24) is 9.55 Å². The molecule has 0 amide bonds. The van der Waals surface area contributed by atoms with E-state index in [0.29, 0.717) is 6.47 Å². The summed E-state index contributed by atoms with van der Waals surface area (Å²) in [7, 11) is 0. The van der Waals surface area contributed by atoms with Gasteiger partial charge in [-0.05, 0) is 6.07 Å². The quantitative estimate of drug-likeness (QED) is 0.665. The summed E-state index contributed by atoms with van der Waals surface area (Å²) in [5.41, 5.74) is 4.85. The van der Waals surface area contributed by atoms with Gasteiger partial charge < -0.3 is 19.9 Å². The topological polar surface area (TPSA) is 106 Å². The molecule has 2 rings (SSSR count). The molecule has 1 aliphatic heterocycles. The Kier molecular flexibility index (Phi) is 3.35. The Hall–Kier alpha value is -1.93. The minimum atomic E-state index is -0.672. The van der Waals surface area contributed by atoms with Crippen LogP contribution in [0, 0.1) is 0 Å². The van der Waals surface area contributed by atoms with Gasteiger partial charge in [0.05, 0.1) is 6.61 Å². The fraction of sp³-hybridized carbons (Fsp3) is 0.444. The van der Waals surface area contributed by atoms with Crippen LogP contribution in [0.2, 0.25) is 0 Å². The van der Waals surface area contributed by atoms with Crippen LogP contribution in [0.3, 0.4) is 0 Å². The lowest BCUT2D eigenvalue weighted by atomic mass is 10.5. The van der Waals surface area contributed by atoms with Crippen LogP contribution < -0.4 is 11.4 Å². The van der Waals surface area contributed by atoms with E-state index in [1.165, 1.54) is 16.8 Å². The smallest absolute Gasteiger partial charge is 0.351 e. The third-order valence-corrected chi connectivity index (χ3v) is 2.20. The average Bonchev–Trinajstić information content (AvgIpc) is 2.75. The molecule has 0 spiro atoms. The number of ether oxygens (including phenoxy) is 3. The van der Waals surface area contributed by atoms with Gasteiger partial charge in [-0.2, -0.15) is 4.98 Å². The van der Waals surface area contributed by atoms with Gasteiger partial charge >= 0.3 is 5.69 Å². The second-order valence-electron chi connectivity index (χ2n) is 3.33. The molecule has 0 saturated carbocycles. The van der Waals surface area contributed by atoms with Gasteiger partial charge in [-0.25, -0.2) is 4.79 Å². The lowest BCUT2D eigenvalue weighted by Gasteiger charge is -2.12. The maximum absolute atomic E-state index is 11.5. The summed E-state index contributed by atoms with van der Waals surface area (Å²) >= 11 is 0. The van der Waals surface area contributed by atoms with Gasteiger partial charge in [0.1, 0.15) is 12.4 Å². The molecule has 0 aromatic carbocycles. The van der Waals surface area contributed by atoms with Crippen LogP contribution in [0.5, 0.6) is 0 Å². The molecule has 2 N–H and O–H groups in total. The number of rotatable bonds is 4. The van der Waals surface area contributed by atoms with Crippen molar-refractivity contribution in [3.05, 3.63) is 22.7 Å². The zero-order chi connectivity index (χ0) is 12.3. The molecule has 1 aliphatic rings. The molecule has 1 aromatic rings. The summed E-state index contributed by atoms with van der Waals surface area (Å²) < 4.78 is 16.3. The van der Waals surface area contributed by atoms with Gasteiger partial charge in [0.25, 0.3) is 6.47 Å². The van der Waals surface area contributed by atoms with E-state index >= 15 is 0 Å².